The molecule has 0 atom stereocenters. The summed E-state index contributed by atoms with van der Waals surface area (Å²) in [5.74, 6) is -0.490. The van der Waals surface area contributed by atoms with Crippen molar-refractivity contribution in [2.24, 2.45) is 5.73 Å². The molecule has 3 N–H and O–H groups in total. The van der Waals surface area contributed by atoms with Gasteiger partial charge in [-0.25, -0.2) is 4.98 Å². The molecule has 1 rings (SSSR count). The summed E-state index contributed by atoms with van der Waals surface area (Å²) >= 11 is 1.40. The average Bonchev–Trinajstić information content (AvgIpc) is 2.74. The largest absolute Gasteiger partial charge is 0.347 e. The number of carbonyl (C=O) groups excluding carboxylic acids is 2. The average molecular weight is 293 g/mol. The fourth-order valence-electron chi connectivity index (χ4n) is 1.06. The number of hydrogen-bond donors (Lipinski definition) is 2. The summed E-state index contributed by atoms with van der Waals surface area (Å²) < 4.78 is 0. The number of thiazole rings is 1. The van der Waals surface area contributed by atoms with Crippen molar-refractivity contribution < 1.29 is 9.59 Å². The Balaban J connectivity index is 0.00000289. The Bertz CT molecular complexity index is 408. The van der Waals surface area contributed by atoms with Gasteiger partial charge in [0.25, 0.3) is 5.91 Å². The molecule has 0 saturated carbocycles. The van der Waals surface area contributed by atoms with Gasteiger partial charge in [-0.1, -0.05) is 0 Å². The van der Waals surface area contributed by atoms with Crippen molar-refractivity contribution in [2.45, 2.75) is 6.42 Å². The molecule has 0 aliphatic heterocycles. The number of halogens is 1. The Hall–Kier alpha value is -1.18. The number of carbonyl (C=O) groups is 2. The van der Waals surface area contributed by atoms with Gasteiger partial charge in [0.05, 0.1) is 11.6 Å². The topological polar surface area (TPSA) is 88.3 Å². The van der Waals surface area contributed by atoms with E-state index in [4.69, 9.17) is 5.73 Å². The van der Waals surface area contributed by atoms with Crippen LogP contribution in [0.3, 0.4) is 0 Å². The third-order valence-electron chi connectivity index (χ3n) is 2.04. The Labute approximate surface area is 116 Å². The quantitative estimate of drug-likeness (QED) is 0.792. The van der Waals surface area contributed by atoms with Crippen LogP contribution in [0.4, 0.5) is 0 Å². The van der Waals surface area contributed by atoms with E-state index in [0.717, 1.165) is 5.01 Å². The molecule has 1 heterocycles. The predicted molar refractivity (Wildman–Crippen MR) is 73.1 cm³/mol. The van der Waals surface area contributed by atoms with Gasteiger partial charge in [0, 0.05) is 25.9 Å². The number of hydrogen-bond acceptors (Lipinski definition) is 5. The smallest absolute Gasteiger partial charge is 0.271 e. The maximum Gasteiger partial charge on any atom is 0.271 e. The van der Waals surface area contributed by atoms with Crippen molar-refractivity contribution >= 4 is 35.6 Å². The van der Waals surface area contributed by atoms with E-state index in [0.29, 0.717) is 18.7 Å². The van der Waals surface area contributed by atoms with Crippen molar-refractivity contribution in [3.8, 4) is 0 Å². The molecule has 2 amide bonds. The maximum atomic E-state index is 11.6. The maximum absolute atomic E-state index is 11.6. The van der Waals surface area contributed by atoms with Gasteiger partial charge in [0.2, 0.25) is 5.91 Å². The van der Waals surface area contributed by atoms with E-state index in [1.807, 2.05) is 0 Å². The van der Waals surface area contributed by atoms with E-state index < -0.39 is 0 Å². The van der Waals surface area contributed by atoms with Crippen LogP contribution < -0.4 is 11.1 Å². The highest BCUT2D eigenvalue weighted by Gasteiger charge is 2.12. The number of amides is 2. The highest BCUT2D eigenvalue weighted by Crippen LogP contribution is 2.09. The SMILES string of the molecule is CN(C)C(=O)CNC(=O)c1csc(CCN)n1.Cl. The lowest BCUT2D eigenvalue weighted by atomic mass is 10.4. The third-order valence-corrected chi connectivity index (χ3v) is 2.95. The standard InChI is InChI=1S/C10H16N4O2S.ClH/c1-14(2)9(15)5-12-10(16)7-6-17-8(13-7)3-4-11;/h6H,3-5,11H2,1-2H3,(H,12,16);1H. The van der Waals surface area contributed by atoms with Crippen LogP contribution in [0.1, 0.15) is 15.5 Å². The normalized spacial score (nSPS) is 9.50. The highest BCUT2D eigenvalue weighted by atomic mass is 35.5. The lowest BCUT2D eigenvalue weighted by Crippen LogP contribution is -2.36. The second-order valence-corrected chi connectivity index (χ2v) is 4.58. The second-order valence-electron chi connectivity index (χ2n) is 3.64. The van der Waals surface area contributed by atoms with E-state index in [1.54, 1.807) is 19.5 Å². The Morgan fingerprint density at radius 2 is 2.17 bits per heavy atom. The Morgan fingerprint density at radius 1 is 1.50 bits per heavy atom. The zero-order valence-electron chi connectivity index (χ0n) is 10.3. The molecule has 0 aromatic carbocycles. The fraction of sp³-hybridized carbons (Fsp3) is 0.500. The van der Waals surface area contributed by atoms with Gasteiger partial charge in [-0.3, -0.25) is 9.59 Å². The first-order valence-corrected chi connectivity index (χ1v) is 6.05. The zero-order valence-corrected chi connectivity index (χ0v) is 11.9. The first-order chi connectivity index (χ1) is 8.04. The number of nitrogens with one attached hydrogen (secondary N) is 1. The molecule has 1 aromatic rings. The van der Waals surface area contributed by atoms with Crippen molar-refractivity contribution in [3.05, 3.63) is 16.1 Å². The summed E-state index contributed by atoms with van der Waals surface area (Å²) in [6, 6.07) is 0. The summed E-state index contributed by atoms with van der Waals surface area (Å²) in [7, 11) is 3.27. The number of nitrogens with zero attached hydrogens (tertiary/aromatic N) is 2. The molecule has 1 aromatic heterocycles. The molecule has 0 radical (unpaired) electrons. The van der Waals surface area contributed by atoms with Crippen LogP contribution in [-0.4, -0.2) is 48.9 Å². The minimum absolute atomic E-state index is 0. The third kappa shape index (κ3) is 4.99. The molecule has 0 fully saturated rings. The lowest BCUT2D eigenvalue weighted by molar-refractivity contribution is -0.127. The molecule has 0 aliphatic carbocycles. The number of likely N-dealkylation sites (N-methyl/N-ethyl adjacent to an activating group) is 1. The molecular weight excluding hydrogens is 276 g/mol. The van der Waals surface area contributed by atoms with Gasteiger partial charge in [-0.05, 0) is 6.54 Å². The van der Waals surface area contributed by atoms with Crippen LogP contribution in [0.15, 0.2) is 5.38 Å². The summed E-state index contributed by atoms with van der Waals surface area (Å²) in [4.78, 5) is 28.4. The molecule has 8 heteroatoms. The zero-order chi connectivity index (χ0) is 12.8. The molecule has 0 spiro atoms. The van der Waals surface area contributed by atoms with Crippen LogP contribution in [0.25, 0.3) is 0 Å². The number of nitrogens with two attached hydrogens (primary N) is 1. The van der Waals surface area contributed by atoms with Gasteiger partial charge in [0.15, 0.2) is 0 Å². The van der Waals surface area contributed by atoms with E-state index in [-0.39, 0.29) is 30.8 Å². The van der Waals surface area contributed by atoms with Crippen LogP contribution in [0, 0.1) is 0 Å². The molecule has 0 saturated heterocycles. The molecular formula is C10H17ClN4O2S. The minimum atomic E-state index is -0.334. The van der Waals surface area contributed by atoms with Gasteiger partial charge in [-0.2, -0.15) is 0 Å². The van der Waals surface area contributed by atoms with Gasteiger partial charge < -0.3 is 16.0 Å². The Kier molecular flexibility index (Phi) is 7.49. The number of rotatable bonds is 5. The van der Waals surface area contributed by atoms with Crippen molar-refractivity contribution in [2.75, 3.05) is 27.2 Å². The predicted octanol–water partition coefficient (Wildman–Crippen LogP) is -0.116. The monoisotopic (exact) mass is 292 g/mol. The van der Waals surface area contributed by atoms with Gasteiger partial charge >= 0.3 is 0 Å². The first kappa shape index (κ1) is 16.8. The van der Waals surface area contributed by atoms with E-state index >= 15 is 0 Å². The van der Waals surface area contributed by atoms with Crippen molar-refractivity contribution in [3.63, 3.8) is 0 Å². The molecule has 6 nitrogen and oxygen atoms in total. The van der Waals surface area contributed by atoms with E-state index in [9.17, 15) is 9.59 Å². The second kappa shape index (κ2) is 8.02. The van der Waals surface area contributed by atoms with Gasteiger partial charge in [-0.15, -0.1) is 23.7 Å². The van der Waals surface area contributed by atoms with Crippen LogP contribution >= 0.6 is 23.7 Å². The summed E-state index contributed by atoms with van der Waals surface area (Å²) in [6.45, 7) is 0.489. The van der Waals surface area contributed by atoms with Crippen molar-refractivity contribution in [1.82, 2.24) is 15.2 Å². The highest BCUT2D eigenvalue weighted by molar-refractivity contribution is 7.09. The molecule has 102 valence electrons. The van der Waals surface area contributed by atoms with Crippen LogP contribution in [0.5, 0.6) is 0 Å². The van der Waals surface area contributed by atoms with E-state index in [2.05, 4.69) is 10.3 Å². The fourth-order valence-corrected chi connectivity index (χ4v) is 1.85. The lowest BCUT2D eigenvalue weighted by Gasteiger charge is -2.10. The molecule has 0 bridgehead atoms. The van der Waals surface area contributed by atoms with Gasteiger partial charge in [0.1, 0.15) is 5.69 Å². The van der Waals surface area contributed by atoms with Crippen LogP contribution in [-0.2, 0) is 11.2 Å². The first-order valence-electron chi connectivity index (χ1n) is 5.17. The molecule has 0 aliphatic rings. The Morgan fingerprint density at radius 3 is 2.72 bits per heavy atom. The van der Waals surface area contributed by atoms with Crippen LogP contribution in [0.2, 0.25) is 0 Å². The minimum Gasteiger partial charge on any atom is -0.347 e. The molecule has 0 unspecified atom stereocenters. The van der Waals surface area contributed by atoms with E-state index in [1.165, 1.54) is 16.2 Å². The van der Waals surface area contributed by atoms with Crippen molar-refractivity contribution in [1.29, 1.82) is 0 Å². The molecule has 18 heavy (non-hydrogen) atoms. The summed E-state index contributed by atoms with van der Waals surface area (Å²) in [5, 5.41) is 5.02. The number of aromatic nitrogens is 1. The summed E-state index contributed by atoms with van der Waals surface area (Å²) in [5.41, 5.74) is 5.73. The summed E-state index contributed by atoms with van der Waals surface area (Å²) in [6.07, 6.45) is 0.661.